The molecule has 0 atom stereocenters. The van der Waals surface area contributed by atoms with Gasteiger partial charge in [-0.15, -0.1) is 0 Å². The zero-order valence-electron chi connectivity index (χ0n) is 18.2. The van der Waals surface area contributed by atoms with Gasteiger partial charge in [0.1, 0.15) is 0 Å². The largest absolute Gasteiger partial charge is 0.379 e. The van der Waals surface area contributed by atoms with E-state index in [-0.39, 0.29) is 11.9 Å². The van der Waals surface area contributed by atoms with Gasteiger partial charge in [-0.3, -0.25) is 14.7 Å². The van der Waals surface area contributed by atoms with Crippen molar-refractivity contribution in [1.82, 2.24) is 19.7 Å². The monoisotopic (exact) mass is 435 g/mol. The van der Waals surface area contributed by atoms with Crippen LogP contribution in [-0.2, 0) is 9.53 Å². The Balaban J connectivity index is 1.05. The summed E-state index contributed by atoms with van der Waals surface area (Å²) in [5, 5.41) is 2.98. The molecule has 0 aliphatic carbocycles. The van der Waals surface area contributed by atoms with Crippen LogP contribution in [0.15, 0.2) is 48.8 Å². The SMILES string of the molecule is O=C(CN1CCOCC1)N1CC(c2ccc(NC(=O)N3CC(c4cccnc4)C3)cc2)C1. The molecule has 32 heavy (non-hydrogen) atoms. The van der Waals surface area contributed by atoms with Crippen LogP contribution < -0.4 is 5.32 Å². The second-order valence-corrected chi connectivity index (χ2v) is 8.82. The number of carbonyl (C=O) groups excluding carboxylic acids is 2. The number of ether oxygens (including phenoxy) is 1. The van der Waals surface area contributed by atoms with Crippen molar-refractivity contribution >= 4 is 17.6 Å². The molecular weight excluding hydrogens is 406 g/mol. The molecule has 8 heteroatoms. The topological polar surface area (TPSA) is 78.0 Å². The van der Waals surface area contributed by atoms with E-state index in [0.29, 0.717) is 44.7 Å². The van der Waals surface area contributed by atoms with E-state index in [4.69, 9.17) is 4.74 Å². The molecule has 4 heterocycles. The normalized spacial score (nSPS) is 19.9. The number of nitrogens with zero attached hydrogens (tertiary/aromatic N) is 4. The Morgan fingerprint density at radius 3 is 2.31 bits per heavy atom. The number of aromatic nitrogens is 1. The van der Waals surface area contributed by atoms with Crippen molar-refractivity contribution in [3.63, 3.8) is 0 Å². The van der Waals surface area contributed by atoms with Crippen LogP contribution in [0.3, 0.4) is 0 Å². The van der Waals surface area contributed by atoms with Gasteiger partial charge in [0.2, 0.25) is 5.91 Å². The van der Waals surface area contributed by atoms with Crippen LogP contribution in [0.1, 0.15) is 23.0 Å². The number of hydrogen-bond donors (Lipinski definition) is 1. The lowest BCUT2D eigenvalue weighted by Crippen LogP contribution is -2.53. The minimum atomic E-state index is -0.0681. The van der Waals surface area contributed by atoms with E-state index < -0.39 is 0 Å². The van der Waals surface area contributed by atoms with Gasteiger partial charge in [0.15, 0.2) is 0 Å². The number of likely N-dealkylation sites (tertiary alicyclic amines) is 2. The zero-order chi connectivity index (χ0) is 21.9. The fourth-order valence-corrected chi connectivity index (χ4v) is 4.46. The number of amides is 3. The van der Waals surface area contributed by atoms with Gasteiger partial charge in [0, 0.05) is 69.2 Å². The summed E-state index contributed by atoms with van der Waals surface area (Å²) in [5.41, 5.74) is 3.18. The van der Waals surface area contributed by atoms with E-state index in [0.717, 1.165) is 31.9 Å². The van der Waals surface area contributed by atoms with Crippen molar-refractivity contribution in [3.05, 3.63) is 59.9 Å². The van der Waals surface area contributed by atoms with Crippen LogP contribution in [-0.4, -0.2) is 90.6 Å². The first-order valence-electron chi connectivity index (χ1n) is 11.3. The minimum Gasteiger partial charge on any atom is -0.379 e. The smallest absolute Gasteiger partial charge is 0.321 e. The first-order chi connectivity index (χ1) is 15.7. The standard InChI is InChI=1S/C24H29N5O3/c30-23(17-27-8-10-32-11-9-27)28-13-20(14-28)18-3-5-22(6-4-18)26-24(31)29-15-21(16-29)19-2-1-7-25-12-19/h1-7,12,20-21H,8-11,13-17H2,(H,26,31). The predicted octanol–water partition coefficient (Wildman–Crippen LogP) is 1.97. The van der Waals surface area contributed by atoms with E-state index in [1.807, 2.05) is 34.2 Å². The molecule has 1 N–H and O–H groups in total. The Morgan fingerprint density at radius 1 is 0.938 bits per heavy atom. The molecule has 0 saturated carbocycles. The van der Waals surface area contributed by atoms with E-state index >= 15 is 0 Å². The average Bonchev–Trinajstić information content (AvgIpc) is 2.74. The lowest BCUT2D eigenvalue weighted by molar-refractivity contribution is -0.137. The Kier molecular flexibility index (Phi) is 6.05. The Morgan fingerprint density at radius 2 is 1.62 bits per heavy atom. The fraction of sp³-hybridized carbons (Fsp3) is 0.458. The summed E-state index contributed by atoms with van der Waals surface area (Å²) in [6.45, 7) is 6.52. The molecule has 5 rings (SSSR count). The molecule has 1 aromatic carbocycles. The minimum absolute atomic E-state index is 0.0681. The second kappa shape index (κ2) is 9.26. The summed E-state index contributed by atoms with van der Waals surface area (Å²) in [5.74, 6) is 0.930. The number of morpholine rings is 1. The third kappa shape index (κ3) is 4.61. The maximum Gasteiger partial charge on any atom is 0.321 e. The molecule has 168 valence electrons. The van der Waals surface area contributed by atoms with Gasteiger partial charge >= 0.3 is 6.03 Å². The predicted molar refractivity (Wildman–Crippen MR) is 121 cm³/mol. The molecule has 3 aliphatic heterocycles. The van der Waals surface area contributed by atoms with Crippen molar-refractivity contribution in [3.8, 4) is 0 Å². The molecule has 0 spiro atoms. The Hall–Kier alpha value is -2.97. The number of urea groups is 1. The van der Waals surface area contributed by atoms with Gasteiger partial charge in [-0.25, -0.2) is 4.79 Å². The fourth-order valence-electron chi connectivity index (χ4n) is 4.46. The summed E-state index contributed by atoms with van der Waals surface area (Å²) in [4.78, 5) is 35.0. The molecule has 3 fully saturated rings. The summed E-state index contributed by atoms with van der Waals surface area (Å²) >= 11 is 0. The van der Waals surface area contributed by atoms with Gasteiger partial charge in [-0.1, -0.05) is 18.2 Å². The molecule has 8 nitrogen and oxygen atoms in total. The van der Waals surface area contributed by atoms with E-state index in [1.165, 1.54) is 11.1 Å². The number of anilines is 1. The van der Waals surface area contributed by atoms with Gasteiger partial charge in [-0.2, -0.15) is 0 Å². The number of nitrogens with one attached hydrogen (secondary N) is 1. The van der Waals surface area contributed by atoms with Crippen molar-refractivity contribution in [2.24, 2.45) is 0 Å². The average molecular weight is 436 g/mol. The van der Waals surface area contributed by atoms with Crippen LogP contribution in [0.25, 0.3) is 0 Å². The molecule has 3 amide bonds. The van der Waals surface area contributed by atoms with Crippen molar-refractivity contribution in [2.75, 3.05) is 64.3 Å². The molecule has 3 aliphatic rings. The van der Waals surface area contributed by atoms with Gasteiger partial charge in [0.05, 0.1) is 19.8 Å². The van der Waals surface area contributed by atoms with Crippen molar-refractivity contribution in [2.45, 2.75) is 11.8 Å². The van der Waals surface area contributed by atoms with Crippen LogP contribution in [0, 0.1) is 0 Å². The highest BCUT2D eigenvalue weighted by Crippen LogP contribution is 2.29. The van der Waals surface area contributed by atoms with E-state index in [9.17, 15) is 9.59 Å². The lowest BCUT2D eigenvalue weighted by Gasteiger charge is -2.41. The maximum absolute atomic E-state index is 12.5. The summed E-state index contributed by atoms with van der Waals surface area (Å²) in [6, 6.07) is 11.9. The third-order valence-corrected chi connectivity index (χ3v) is 6.65. The number of rotatable bonds is 5. The highest BCUT2D eigenvalue weighted by atomic mass is 16.5. The lowest BCUT2D eigenvalue weighted by atomic mass is 9.91. The number of pyridine rings is 1. The van der Waals surface area contributed by atoms with Crippen LogP contribution in [0.2, 0.25) is 0 Å². The second-order valence-electron chi connectivity index (χ2n) is 8.82. The zero-order valence-corrected chi connectivity index (χ0v) is 18.2. The summed E-state index contributed by atoms with van der Waals surface area (Å²) < 4.78 is 5.34. The van der Waals surface area contributed by atoms with Gasteiger partial charge in [-0.05, 0) is 29.3 Å². The first-order valence-corrected chi connectivity index (χ1v) is 11.3. The first kappa shape index (κ1) is 20.9. The number of benzene rings is 1. The Bertz CT molecular complexity index is 934. The third-order valence-electron chi connectivity index (χ3n) is 6.65. The van der Waals surface area contributed by atoms with Crippen LogP contribution in [0.5, 0.6) is 0 Å². The quantitative estimate of drug-likeness (QED) is 0.777. The van der Waals surface area contributed by atoms with Gasteiger partial charge in [0.25, 0.3) is 0 Å². The molecule has 1 aromatic heterocycles. The number of carbonyl (C=O) groups is 2. The molecule has 2 aromatic rings. The van der Waals surface area contributed by atoms with Gasteiger partial charge < -0.3 is 19.9 Å². The van der Waals surface area contributed by atoms with Crippen molar-refractivity contribution in [1.29, 1.82) is 0 Å². The van der Waals surface area contributed by atoms with E-state index in [2.05, 4.69) is 33.4 Å². The van der Waals surface area contributed by atoms with Crippen LogP contribution >= 0.6 is 0 Å². The summed E-state index contributed by atoms with van der Waals surface area (Å²) in [6.07, 6.45) is 3.64. The summed E-state index contributed by atoms with van der Waals surface area (Å²) in [7, 11) is 0. The molecule has 0 unspecified atom stereocenters. The molecular formula is C24H29N5O3. The highest BCUT2D eigenvalue weighted by molar-refractivity contribution is 5.90. The molecule has 0 bridgehead atoms. The van der Waals surface area contributed by atoms with E-state index in [1.54, 1.807) is 6.20 Å². The molecule has 0 radical (unpaired) electrons. The highest BCUT2D eigenvalue weighted by Gasteiger charge is 2.33. The van der Waals surface area contributed by atoms with Crippen molar-refractivity contribution < 1.29 is 14.3 Å². The number of hydrogen-bond acceptors (Lipinski definition) is 5. The molecule has 3 saturated heterocycles. The Labute approximate surface area is 188 Å². The van der Waals surface area contributed by atoms with Crippen LogP contribution in [0.4, 0.5) is 10.5 Å². The maximum atomic E-state index is 12.5.